The lowest BCUT2D eigenvalue weighted by Gasteiger charge is -2.20. The molecule has 3 N–H and O–H groups in total. The second-order valence-electron chi connectivity index (χ2n) is 8.26. The van der Waals surface area contributed by atoms with Crippen molar-refractivity contribution in [3.63, 3.8) is 0 Å². The Morgan fingerprint density at radius 3 is 2.43 bits per heavy atom. The van der Waals surface area contributed by atoms with E-state index in [1.807, 2.05) is 27.7 Å². The molecule has 0 fully saturated rings. The number of amides is 2. The molecule has 8 heteroatoms. The minimum absolute atomic E-state index is 0.257. The lowest BCUT2D eigenvalue weighted by atomic mass is 9.93. The third-order valence-electron chi connectivity index (χ3n) is 4.73. The van der Waals surface area contributed by atoms with Gasteiger partial charge < -0.3 is 9.15 Å². The zero-order valence-corrected chi connectivity index (χ0v) is 18.0. The Morgan fingerprint density at radius 2 is 1.80 bits per heavy atom. The number of nitrogens with zero attached hydrogens (tertiary/aromatic N) is 1. The van der Waals surface area contributed by atoms with Crippen LogP contribution in [0.25, 0.3) is 0 Å². The van der Waals surface area contributed by atoms with E-state index in [0.717, 1.165) is 29.7 Å². The van der Waals surface area contributed by atoms with Gasteiger partial charge in [-0.05, 0) is 64.8 Å². The van der Waals surface area contributed by atoms with Crippen LogP contribution in [0.2, 0.25) is 0 Å². The summed E-state index contributed by atoms with van der Waals surface area (Å²) in [5.74, 6) is 1.00. The summed E-state index contributed by atoms with van der Waals surface area (Å²) in [5.41, 5.74) is 10.7. The van der Waals surface area contributed by atoms with Crippen LogP contribution < -0.4 is 21.0 Å². The highest BCUT2D eigenvalue weighted by Gasteiger charge is 2.28. The Labute approximate surface area is 176 Å². The number of ether oxygens (including phenoxy) is 1. The molecule has 2 amide bonds. The summed E-state index contributed by atoms with van der Waals surface area (Å²) in [4.78, 5) is 25.0. The summed E-state index contributed by atoms with van der Waals surface area (Å²) in [7, 11) is 1.57. The molecule has 0 unspecified atom stereocenters. The zero-order valence-electron chi connectivity index (χ0n) is 18.0. The monoisotopic (exact) mass is 412 g/mol. The van der Waals surface area contributed by atoms with Crippen molar-refractivity contribution in [2.75, 3.05) is 7.11 Å². The van der Waals surface area contributed by atoms with E-state index in [2.05, 4.69) is 21.4 Å². The van der Waals surface area contributed by atoms with E-state index < -0.39 is 0 Å². The molecule has 0 bridgehead atoms. The van der Waals surface area contributed by atoms with Gasteiger partial charge in [0, 0.05) is 28.7 Å². The Hall–Kier alpha value is -3.13. The number of nitrogens with one attached hydrogen (secondary N) is 3. The average molecular weight is 412 g/mol. The molecule has 2 aromatic rings. The lowest BCUT2D eigenvalue weighted by molar-refractivity contribution is 0.0882. The molecule has 0 atom stereocenters. The summed E-state index contributed by atoms with van der Waals surface area (Å²) >= 11 is 0. The Bertz CT molecular complexity index is 968. The van der Waals surface area contributed by atoms with Crippen LogP contribution in [-0.2, 0) is 6.42 Å². The maximum absolute atomic E-state index is 12.6. The number of carbonyl (C=O) groups is 2. The first-order chi connectivity index (χ1) is 14.2. The second-order valence-corrected chi connectivity index (χ2v) is 8.26. The van der Waals surface area contributed by atoms with Gasteiger partial charge in [-0.1, -0.05) is 0 Å². The number of hydrazine groups is 1. The number of hydrogen-bond acceptors (Lipinski definition) is 6. The van der Waals surface area contributed by atoms with Crippen molar-refractivity contribution in [3.05, 3.63) is 52.5 Å². The van der Waals surface area contributed by atoms with Crippen LogP contribution in [0.5, 0.6) is 5.75 Å². The number of hydrazone groups is 1. The number of carbonyl (C=O) groups excluding carboxylic acids is 2. The van der Waals surface area contributed by atoms with Gasteiger partial charge in [-0.15, -0.1) is 0 Å². The Morgan fingerprint density at radius 1 is 1.10 bits per heavy atom. The van der Waals surface area contributed by atoms with E-state index in [4.69, 9.17) is 9.15 Å². The second kappa shape index (κ2) is 8.71. The summed E-state index contributed by atoms with van der Waals surface area (Å²) in [6.07, 6.45) is 2.25. The Balaban J connectivity index is 1.78. The van der Waals surface area contributed by atoms with E-state index in [9.17, 15) is 9.59 Å². The molecule has 1 aliphatic carbocycles. The van der Waals surface area contributed by atoms with Crippen LogP contribution in [0.4, 0.5) is 0 Å². The van der Waals surface area contributed by atoms with Crippen LogP contribution in [-0.4, -0.2) is 30.2 Å². The minimum atomic E-state index is -0.335. The zero-order chi connectivity index (χ0) is 21.9. The molecule has 0 saturated heterocycles. The van der Waals surface area contributed by atoms with Crippen LogP contribution in [0.3, 0.4) is 0 Å². The number of furan rings is 1. The van der Waals surface area contributed by atoms with Gasteiger partial charge in [-0.3, -0.25) is 15.0 Å². The molecule has 30 heavy (non-hydrogen) atoms. The van der Waals surface area contributed by atoms with Gasteiger partial charge in [0.25, 0.3) is 5.91 Å². The van der Waals surface area contributed by atoms with Crippen LogP contribution >= 0.6 is 0 Å². The molecule has 0 radical (unpaired) electrons. The minimum Gasteiger partial charge on any atom is -0.497 e. The standard InChI is InChI=1S/C22H28N4O4/c1-13-18-16(23-24-20(27)14-9-11-15(29-5)12-10-14)7-6-8-17(18)30-19(13)21(28)25-26-22(2,3)4/h9-12,26H,6-8H2,1-5H3,(H,24,27)(H,25,28)/b23-16+. The fourth-order valence-electron chi connectivity index (χ4n) is 3.22. The molecule has 160 valence electrons. The molecule has 1 heterocycles. The SMILES string of the molecule is COc1ccc(C(=O)N/N=C2\CCCc3oc(C(=O)NNC(C)(C)C)c(C)c32)cc1. The first-order valence-electron chi connectivity index (χ1n) is 9.90. The molecular formula is C22H28N4O4. The fourth-order valence-corrected chi connectivity index (χ4v) is 3.22. The number of benzene rings is 1. The summed E-state index contributed by atoms with van der Waals surface area (Å²) in [5, 5.41) is 4.34. The van der Waals surface area contributed by atoms with Gasteiger partial charge in [0.1, 0.15) is 11.5 Å². The van der Waals surface area contributed by atoms with Gasteiger partial charge in [0.2, 0.25) is 0 Å². The third kappa shape index (κ3) is 4.88. The van der Waals surface area contributed by atoms with Crippen molar-refractivity contribution in [2.45, 2.75) is 52.5 Å². The summed E-state index contributed by atoms with van der Waals surface area (Å²) < 4.78 is 11.0. The van der Waals surface area contributed by atoms with Crippen LogP contribution in [0.1, 0.15) is 71.4 Å². The third-order valence-corrected chi connectivity index (χ3v) is 4.73. The van der Waals surface area contributed by atoms with Gasteiger partial charge in [-0.2, -0.15) is 5.10 Å². The maximum Gasteiger partial charge on any atom is 0.301 e. The molecular weight excluding hydrogens is 384 g/mol. The predicted octanol–water partition coefficient (Wildman–Crippen LogP) is 3.10. The van der Waals surface area contributed by atoms with Crippen molar-refractivity contribution in [1.29, 1.82) is 0 Å². The average Bonchev–Trinajstić information content (AvgIpc) is 3.07. The fraction of sp³-hybridized carbons (Fsp3) is 0.409. The van der Waals surface area contributed by atoms with E-state index >= 15 is 0 Å². The normalized spacial score (nSPS) is 14.9. The van der Waals surface area contributed by atoms with Gasteiger partial charge in [-0.25, -0.2) is 10.9 Å². The molecule has 3 rings (SSSR count). The van der Waals surface area contributed by atoms with Crippen molar-refractivity contribution in [2.24, 2.45) is 5.10 Å². The lowest BCUT2D eigenvalue weighted by Crippen LogP contribution is -2.48. The summed E-state index contributed by atoms with van der Waals surface area (Å²) in [6.45, 7) is 7.68. The van der Waals surface area contributed by atoms with Crippen molar-refractivity contribution >= 4 is 17.5 Å². The molecule has 8 nitrogen and oxygen atoms in total. The smallest absolute Gasteiger partial charge is 0.301 e. The first kappa shape index (κ1) is 21.6. The highest BCUT2D eigenvalue weighted by Crippen LogP contribution is 2.29. The molecule has 0 saturated carbocycles. The van der Waals surface area contributed by atoms with Gasteiger partial charge in [0.05, 0.1) is 12.8 Å². The maximum atomic E-state index is 12.6. The van der Waals surface area contributed by atoms with Gasteiger partial charge >= 0.3 is 5.91 Å². The number of methoxy groups -OCH3 is 1. The highest BCUT2D eigenvalue weighted by molar-refractivity contribution is 6.07. The van der Waals surface area contributed by atoms with Crippen molar-refractivity contribution in [3.8, 4) is 5.75 Å². The number of fused-ring (bicyclic) bond motifs is 1. The van der Waals surface area contributed by atoms with Crippen LogP contribution in [0, 0.1) is 6.92 Å². The quantitative estimate of drug-likeness (QED) is 0.655. The number of hydrogen-bond donors (Lipinski definition) is 3. The number of rotatable bonds is 5. The predicted molar refractivity (Wildman–Crippen MR) is 114 cm³/mol. The molecule has 0 spiro atoms. The van der Waals surface area contributed by atoms with Gasteiger partial charge in [0.15, 0.2) is 5.76 Å². The number of aryl methyl sites for hydroxylation is 1. The highest BCUT2D eigenvalue weighted by atomic mass is 16.5. The van der Waals surface area contributed by atoms with Crippen LogP contribution in [0.15, 0.2) is 33.8 Å². The first-order valence-corrected chi connectivity index (χ1v) is 9.90. The Kier molecular flexibility index (Phi) is 6.26. The van der Waals surface area contributed by atoms with Crippen molar-refractivity contribution < 1.29 is 18.7 Å². The summed E-state index contributed by atoms with van der Waals surface area (Å²) in [6, 6.07) is 6.79. The van der Waals surface area contributed by atoms with E-state index in [0.29, 0.717) is 23.4 Å². The van der Waals surface area contributed by atoms with E-state index in [1.54, 1.807) is 31.4 Å². The molecule has 1 aromatic heterocycles. The largest absolute Gasteiger partial charge is 0.497 e. The molecule has 1 aromatic carbocycles. The molecule has 0 aliphatic heterocycles. The van der Waals surface area contributed by atoms with E-state index in [-0.39, 0.29) is 23.1 Å². The topological polar surface area (TPSA) is 105 Å². The van der Waals surface area contributed by atoms with Crippen molar-refractivity contribution in [1.82, 2.24) is 16.3 Å². The van der Waals surface area contributed by atoms with E-state index in [1.165, 1.54) is 0 Å². The molecule has 1 aliphatic rings.